The van der Waals surface area contributed by atoms with Crippen LogP contribution in [-0.2, 0) is 0 Å². The zero-order valence-corrected chi connectivity index (χ0v) is 21.8. The van der Waals surface area contributed by atoms with Crippen molar-refractivity contribution in [3.63, 3.8) is 0 Å². The molecule has 0 aliphatic rings. The Morgan fingerprint density at radius 1 is 0.500 bits per heavy atom. The lowest BCUT2D eigenvalue weighted by molar-refractivity contribution is 0.303. The fourth-order valence-corrected chi connectivity index (χ4v) is 4.43. The minimum atomic E-state index is 0.824. The first-order chi connectivity index (χ1) is 14.9. The number of benzene rings is 1. The zero-order chi connectivity index (χ0) is 21.5. The van der Waals surface area contributed by atoms with Crippen LogP contribution in [0.3, 0.4) is 0 Å². The topological polar surface area (TPSA) is 18.5 Å². The molecule has 0 N–H and O–H groups in total. The van der Waals surface area contributed by atoms with Gasteiger partial charge in [-0.15, -0.1) is 0 Å². The summed E-state index contributed by atoms with van der Waals surface area (Å²) in [7, 11) is 1.69. The standard InChI is InChI=1S/C27H47IO2/c1-29-26-20-22-27(23-21-26)30-25-19-17-15-13-11-9-7-5-3-2-4-6-8-10-12-14-16-18-24-28/h20-23H,2-19,24-25H2,1H3. The molecular weight excluding hydrogens is 483 g/mol. The number of halogens is 1. The van der Waals surface area contributed by atoms with Crippen molar-refractivity contribution in [3.8, 4) is 11.5 Å². The number of unbranched alkanes of at least 4 members (excludes halogenated alkanes) is 17. The van der Waals surface area contributed by atoms with Crippen molar-refractivity contribution in [2.45, 2.75) is 116 Å². The molecule has 0 atom stereocenters. The summed E-state index contributed by atoms with van der Waals surface area (Å²) >= 11 is 2.49. The maximum atomic E-state index is 5.78. The highest BCUT2D eigenvalue weighted by molar-refractivity contribution is 14.1. The lowest BCUT2D eigenvalue weighted by atomic mass is 10.0. The summed E-state index contributed by atoms with van der Waals surface area (Å²) in [5.74, 6) is 1.82. The van der Waals surface area contributed by atoms with Crippen LogP contribution in [-0.4, -0.2) is 18.1 Å². The van der Waals surface area contributed by atoms with Gasteiger partial charge < -0.3 is 9.47 Å². The van der Waals surface area contributed by atoms with Crippen LogP contribution in [0.25, 0.3) is 0 Å². The summed E-state index contributed by atoms with van der Waals surface area (Å²) in [6, 6.07) is 7.86. The molecule has 0 aliphatic heterocycles. The summed E-state index contributed by atoms with van der Waals surface area (Å²) < 4.78 is 12.3. The van der Waals surface area contributed by atoms with E-state index in [4.69, 9.17) is 9.47 Å². The third-order valence-electron chi connectivity index (χ3n) is 5.86. The minimum absolute atomic E-state index is 0.824. The number of alkyl halides is 1. The van der Waals surface area contributed by atoms with Crippen molar-refractivity contribution in [2.75, 3.05) is 18.1 Å². The molecule has 0 amide bonds. The molecule has 0 aliphatic carbocycles. The first-order valence-corrected chi connectivity index (χ1v) is 14.2. The number of hydrogen-bond donors (Lipinski definition) is 0. The van der Waals surface area contributed by atoms with E-state index in [1.54, 1.807) is 7.11 Å². The van der Waals surface area contributed by atoms with Crippen molar-refractivity contribution in [3.05, 3.63) is 24.3 Å². The molecule has 0 radical (unpaired) electrons. The van der Waals surface area contributed by atoms with Gasteiger partial charge in [0.1, 0.15) is 11.5 Å². The van der Waals surface area contributed by atoms with E-state index in [-0.39, 0.29) is 0 Å². The number of rotatable bonds is 22. The van der Waals surface area contributed by atoms with Gasteiger partial charge in [-0.2, -0.15) is 0 Å². The van der Waals surface area contributed by atoms with Gasteiger partial charge in [0.05, 0.1) is 13.7 Å². The summed E-state index contributed by atoms with van der Waals surface area (Å²) in [5.41, 5.74) is 0. The van der Waals surface area contributed by atoms with Gasteiger partial charge in [0, 0.05) is 0 Å². The summed E-state index contributed by atoms with van der Waals surface area (Å²) in [6.07, 6.45) is 25.5. The van der Waals surface area contributed by atoms with Crippen LogP contribution in [0.4, 0.5) is 0 Å². The fourth-order valence-electron chi connectivity index (χ4n) is 3.89. The van der Waals surface area contributed by atoms with E-state index in [9.17, 15) is 0 Å². The van der Waals surface area contributed by atoms with Gasteiger partial charge >= 0.3 is 0 Å². The Balaban J connectivity index is 1.71. The van der Waals surface area contributed by atoms with E-state index >= 15 is 0 Å². The molecule has 0 bridgehead atoms. The molecule has 2 nitrogen and oxygen atoms in total. The maximum Gasteiger partial charge on any atom is 0.119 e. The second-order valence-corrected chi connectivity index (χ2v) is 9.66. The molecule has 0 saturated carbocycles. The molecule has 174 valence electrons. The largest absolute Gasteiger partial charge is 0.497 e. The highest BCUT2D eigenvalue weighted by Gasteiger charge is 1.97. The van der Waals surface area contributed by atoms with E-state index in [1.165, 1.54) is 114 Å². The van der Waals surface area contributed by atoms with Gasteiger partial charge in [0.15, 0.2) is 0 Å². The predicted molar refractivity (Wildman–Crippen MR) is 140 cm³/mol. The molecule has 0 saturated heterocycles. The third-order valence-corrected chi connectivity index (χ3v) is 6.62. The highest BCUT2D eigenvalue weighted by Crippen LogP contribution is 2.18. The molecular formula is C27H47IO2. The lowest BCUT2D eigenvalue weighted by Gasteiger charge is -2.07. The number of methoxy groups -OCH3 is 1. The molecule has 1 aromatic rings. The molecule has 1 rings (SSSR count). The second-order valence-electron chi connectivity index (χ2n) is 8.58. The van der Waals surface area contributed by atoms with E-state index in [2.05, 4.69) is 22.6 Å². The van der Waals surface area contributed by atoms with E-state index < -0.39 is 0 Å². The van der Waals surface area contributed by atoms with Crippen LogP contribution in [0.15, 0.2) is 24.3 Å². The smallest absolute Gasteiger partial charge is 0.119 e. The van der Waals surface area contributed by atoms with Gasteiger partial charge in [0.25, 0.3) is 0 Å². The summed E-state index contributed by atoms with van der Waals surface area (Å²) in [5, 5.41) is 0. The average molecular weight is 531 g/mol. The van der Waals surface area contributed by atoms with Crippen LogP contribution in [0, 0.1) is 0 Å². The lowest BCUT2D eigenvalue weighted by Crippen LogP contribution is -1.97. The second kappa shape index (κ2) is 21.8. The third kappa shape index (κ3) is 17.3. The molecule has 1 aromatic carbocycles. The Morgan fingerprint density at radius 3 is 1.20 bits per heavy atom. The molecule has 0 fully saturated rings. The first kappa shape index (κ1) is 27.6. The van der Waals surface area contributed by atoms with Crippen LogP contribution in [0.1, 0.15) is 116 Å². The monoisotopic (exact) mass is 530 g/mol. The van der Waals surface area contributed by atoms with Gasteiger partial charge in [0.2, 0.25) is 0 Å². The average Bonchev–Trinajstić information content (AvgIpc) is 2.78. The van der Waals surface area contributed by atoms with Crippen molar-refractivity contribution < 1.29 is 9.47 Å². The Kier molecular flexibility index (Phi) is 20.0. The maximum absolute atomic E-state index is 5.78. The summed E-state index contributed by atoms with van der Waals surface area (Å²) in [4.78, 5) is 0. The fraction of sp³-hybridized carbons (Fsp3) is 0.778. The van der Waals surface area contributed by atoms with Crippen molar-refractivity contribution in [2.24, 2.45) is 0 Å². The van der Waals surface area contributed by atoms with Gasteiger partial charge in [-0.1, -0.05) is 125 Å². The van der Waals surface area contributed by atoms with E-state index in [1.807, 2.05) is 24.3 Å². The van der Waals surface area contributed by atoms with Crippen molar-refractivity contribution in [1.82, 2.24) is 0 Å². The Labute approximate surface area is 201 Å². The molecule has 30 heavy (non-hydrogen) atoms. The summed E-state index contributed by atoms with van der Waals surface area (Å²) in [6.45, 7) is 0.824. The van der Waals surface area contributed by atoms with Crippen molar-refractivity contribution >= 4 is 22.6 Å². The van der Waals surface area contributed by atoms with Gasteiger partial charge in [-0.3, -0.25) is 0 Å². The van der Waals surface area contributed by atoms with Crippen LogP contribution >= 0.6 is 22.6 Å². The SMILES string of the molecule is COc1ccc(OCCCCCCCCCCCCCCCCCCCCI)cc1. The van der Waals surface area contributed by atoms with Crippen LogP contribution in [0.2, 0.25) is 0 Å². The quantitative estimate of drug-likeness (QED) is 0.0844. The molecule has 0 spiro atoms. The molecule has 0 aromatic heterocycles. The zero-order valence-electron chi connectivity index (χ0n) is 19.6. The Bertz CT molecular complexity index is 460. The first-order valence-electron chi connectivity index (χ1n) is 12.7. The van der Waals surface area contributed by atoms with E-state index in [0.717, 1.165) is 24.5 Å². The predicted octanol–water partition coefficient (Wildman–Crippen LogP) is 9.53. The molecule has 0 unspecified atom stereocenters. The van der Waals surface area contributed by atoms with Crippen LogP contribution in [0.5, 0.6) is 11.5 Å². The van der Waals surface area contributed by atoms with Crippen LogP contribution < -0.4 is 9.47 Å². The highest BCUT2D eigenvalue weighted by atomic mass is 127. The molecule has 0 heterocycles. The van der Waals surface area contributed by atoms with E-state index in [0.29, 0.717) is 0 Å². The number of ether oxygens (including phenoxy) is 2. The number of hydrogen-bond acceptors (Lipinski definition) is 2. The van der Waals surface area contributed by atoms with Crippen molar-refractivity contribution in [1.29, 1.82) is 0 Å². The normalized spacial score (nSPS) is 11.0. The van der Waals surface area contributed by atoms with Gasteiger partial charge in [-0.25, -0.2) is 0 Å². The Hall–Kier alpha value is -0.450. The molecule has 3 heteroatoms. The minimum Gasteiger partial charge on any atom is -0.497 e. The van der Waals surface area contributed by atoms with Gasteiger partial charge in [-0.05, 0) is 41.5 Å². The Morgan fingerprint density at radius 2 is 0.833 bits per heavy atom.